The van der Waals surface area contributed by atoms with Gasteiger partial charge in [-0.25, -0.2) is 0 Å². The molecule has 3 N–H and O–H groups in total. The Balaban J connectivity index is 1.92. The van der Waals surface area contributed by atoms with E-state index in [1.54, 1.807) is 6.20 Å². The first-order chi connectivity index (χ1) is 9.56. The van der Waals surface area contributed by atoms with E-state index in [1.807, 2.05) is 17.8 Å². The lowest BCUT2D eigenvalue weighted by Crippen LogP contribution is -2.50. The van der Waals surface area contributed by atoms with Crippen molar-refractivity contribution in [2.45, 2.75) is 38.5 Å². The first-order valence-electron chi connectivity index (χ1n) is 7.11. The van der Waals surface area contributed by atoms with Crippen LogP contribution in [0.3, 0.4) is 0 Å². The third-order valence-corrected chi connectivity index (χ3v) is 4.59. The molecule has 1 heterocycles. The number of aryl methyl sites for hydroxylation is 1. The van der Waals surface area contributed by atoms with Crippen LogP contribution in [-0.2, 0) is 18.3 Å². The quantitative estimate of drug-likeness (QED) is 0.803. The molecule has 0 saturated heterocycles. The van der Waals surface area contributed by atoms with Crippen molar-refractivity contribution >= 4 is 23.1 Å². The maximum Gasteiger partial charge on any atom is 0.233 e. The molecule has 0 atom stereocenters. The van der Waals surface area contributed by atoms with Gasteiger partial charge >= 0.3 is 0 Å². The van der Waals surface area contributed by atoms with Crippen molar-refractivity contribution in [3.63, 3.8) is 0 Å². The fourth-order valence-corrected chi connectivity index (χ4v) is 3.16. The summed E-state index contributed by atoms with van der Waals surface area (Å²) in [7, 11) is 1.90. The molecule has 0 spiro atoms. The molecule has 1 saturated carbocycles. The smallest absolute Gasteiger partial charge is 0.233 e. The summed E-state index contributed by atoms with van der Waals surface area (Å²) in [5.74, 6) is -0.00753. The van der Waals surface area contributed by atoms with Crippen LogP contribution in [0.5, 0.6) is 0 Å². The molecule has 1 amide bonds. The second-order valence-electron chi connectivity index (χ2n) is 5.46. The second-order valence-corrected chi connectivity index (χ2v) is 5.90. The third-order valence-electron chi connectivity index (χ3n) is 4.20. The van der Waals surface area contributed by atoms with E-state index in [2.05, 4.69) is 10.4 Å². The topological polar surface area (TPSA) is 72.9 Å². The average Bonchev–Trinajstić information content (AvgIpc) is 2.85. The summed E-state index contributed by atoms with van der Waals surface area (Å²) in [5.41, 5.74) is 6.32. The number of nitrogens with one attached hydrogen (secondary N) is 1. The normalized spacial score (nSPS) is 17.6. The molecule has 0 radical (unpaired) electrons. The van der Waals surface area contributed by atoms with E-state index in [0.29, 0.717) is 11.5 Å². The SMILES string of the molecule is Cn1nccc1CCNC(=O)C1(C(N)=S)CCCCC1. The van der Waals surface area contributed by atoms with E-state index in [9.17, 15) is 4.79 Å². The predicted molar refractivity (Wildman–Crippen MR) is 82.2 cm³/mol. The number of carbonyl (C=O) groups is 1. The third kappa shape index (κ3) is 3.00. The van der Waals surface area contributed by atoms with E-state index >= 15 is 0 Å². The minimum absolute atomic E-state index is 0.00753. The van der Waals surface area contributed by atoms with Crippen LogP contribution in [0.4, 0.5) is 0 Å². The van der Waals surface area contributed by atoms with Crippen LogP contribution in [0.2, 0.25) is 0 Å². The Hall–Kier alpha value is -1.43. The standard InChI is InChI=1S/C14H22N4OS/c1-18-11(6-10-17-18)5-9-16-13(19)14(12(15)20)7-3-2-4-8-14/h6,10H,2-5,7-9H2,1H3,(H2,15,20)(H,16,19). The summed E-state index contributed by atoms with van der Waals surface area (Å²) in [6.07, 6.45) is 7.27. The molecule has 1 aliphatic carbocycles. The van der Waals surface area contributed by atoms with Gasteiger partial charge in [-0.3, -0.25) is 9.48 Å². The lowest BCUT2D eigenvalue weighted by atomic mass is 9.73. The molecular weight excluding hydrogens is 272 g/mol. The number of carbonyl (C=O) groups excluding carboxylic acids is 1. The molecular formula is C14H22N4OS. The molecule has 1 aromatic rings. The van der Waals surface area contributed by atoms with E-state index in [0.717, 1.165) is 44.2 Å². The molecule has 5 nitrogen and oxygen atoms in total. The van der Waals surface area contributed by atoms with Crippen LogP contribution in [0.1, 0.15) is 37.8 Å². The van der Waals surface area contributed by atoms with E-state index < -0.39 is 5.41 Å². The minimum Gasteiger partial charge on any atom is -0.392 e. The van der Waals surface area contributed by atoms with Crippen molar-refractivity contribution in [3.05, 3.63) is 18.0 Å². The maximum absolute atomic E-state index is 12.5. The van der Waals surface area contributed by atoms with Gasteiger partial charge < -0.3 is 11.1 Å². The molecule has 0 aromatic carbocycles. The monoisotopic (exact) mass is 294 g/mol. The zero-order valence-electron chi connectivity index (χ0n) is 11.9. The lowest BCUT2D eigenvalue weighted by Gasteiger charge is -2.34. The van der Waals surface area contributed by atoms with Gasteiger partial charge in [0.2, 0.25) is 5.91 Å². The zero-order valence-corrected chi connectivity index (χ0v) is 12.7. The molecule has 110 valence electrons. The fourth-order valence-electron chi connectivity index (χ4n) is 2.86. The Morgan fingerprint density at radius 1 is 1.50 bits per heavy atom. The van der Waals surface area contributed by atoms with E-state index in [4.69, 9.17) is 18.0 Å². The van der Waals surface area contributed by atoms with Crippen molar-refractivity contribution in [2.24, 2.45) is 18.2 Å². The van der Waals surface area contributed by atoms with Crippen molar-refractivity contribution in [1.29, 1.82) is 0 Å². The number of amides is 1. The summed E-state index contributed by atoms with van der Waals surface area (Å²) < 4.78 is 1.82. The molecule has 2 rings (SSSR count). The summed E-state index contributed by atoms with van der Waals surface area (Å²) in [5, 5.41) is 7.10. The molecule has 6 heteroatoms. The van der Waals surface area contributed by atoms with Crippen LogP contribution in [0, 0.1) is 5.41 Å². The largest absolute Gasteiger partial charge is 0.392 e. The molecule has 0 aliphatic heterocycles. The number of hydrogen-bond donors (Lipinski definition) is 2. The van der Waals surface area contributed by atoms with Crippen molar-refractivity contribution in [3.8, 4) is 0 Å². The summed E-state index contributed by atoms with van der Waals surface area (Å²) in [4.78, 5) is 12.8. The maximum atomic E-state index is 12.5. The highest BCUT2D eigenvalue weighted by atomic mass is 32.1. The summed E-state index contributed by atoms with van der Waals surface area (Å²) >= 11 is 5.16. The van der Waals surface area contributed by atoms with Crippen molar-refractivity contribution in [1.82, 2.24) is 15.1 Å². The van der Waals surface area contributed by atoms with Gasteiger partial charge in [-0.05, 0) is 18.9 Å². The Morgan fingerprint density at radius 2 is 2.20 bits per heavy atom. The molecule has 1 aliphatic rings. The van der Waals surface area contributed by atoms with Crippen molar-refractivity contribution < 1.29 is 4.79 Å². The highest BCUT2D eigenvalue weighted by Crippen LogP contribution is 2.36. The zero-order chi connectivity index (χ0) is 14.6. The Kier molecular flexibility index (Phi) is 4.75. The van der Waals surface area contributed by atoms with Crippen molar-refractivity contribution in [2.75, 3.05) is 6.54 Å². The first kappa shape index (κ1) is 15.0. The van der Waals surface area contributed by atoms with Gasteiger partial charge in [0.1, 0.15) is 0 Å². The van der Waals surface area contributed by atoms with Crippen LogP contribution < -0.4 is 11.1 Å². The number of aromatic nitrogens is 2. The molecule has 1 aromatic heterocycles. The van der Waals surface area contributed by atoms with Crippen LogP contribution >= 0.6 is 12.2 Å². The Labute approximate surface area is 124 Å². The molecule has 0 bridgehead atoms. The number of nitrogens with zero attached hydrogens (tertiary/aromatic N) is 2. The molecule has 0 unspecified atom stereocenters. The molecule has 20 heavy (non-hydrogen) atoms. The van der Waals surface area contributed by atoms with Gasteiger partial charge in [0.25, 0.3) is 0 Å². The van der Waals surface area contributed by atoms with Gasteiger partial charge in [-0.1, -0.05) is 31.5 Å². The highest BCUT2D eigenvalue weighted by molar-refractivity contribution is 7.80. The van der Waals surface area contributed by atoms with Crippen LogP contribution in [0.25, 0.3) is 0 Å². The second kappa shape index (κ2) is 6.35. The average molecular weight is 294 g/mol. The van der Waals surface area contributed by atoms with Crippen LogP contribution in [-0.4, -0.2) is 27.2 Å². The first-order valence-corrected chi connectivity index (χ1v) is 7.52. The number of nitrogens with two attached hydrogens (primary N) is 1. The van der Waals surface area contributed by atoms with E-state index in [1.165, 1.54) is 0 Å². The van der Waals surface area contributed by atoms with Gasteiger partial charge in [0.15, 0.2) is 0 Å². The minimum atomic E-state index is -0.625. The molecule has 1 fully saturated rings. The summed E-state index contributed by atoms with van der Waals surface area (Å²) in [6, 6.07) is 1.95. The Bertz CT molecular complexity index is 491. The van der Waals surface area contributed by atoms with Crippen LogP contribution in [0.15, 0.2) is 12.3 Å². The van der Waals surface area contributed by atoms with E-state index in [-0.39, 0.29) is 5.91 Å². The number of thiocarbonyl (C=S) groups is 1. The van der Waals surface area contributed by atoms with Gasteiger partial charge in [-0.2, -0.15) is 5.10 Å². The van der Waals surface area contributed by atoms with Gasteiger partial charge in [0, 0.05) is 31.9 Å². The Morgan fingerprint density at radius 3 is 2.75 bits per heavy atom. The lowest BCUT2D eigenvalue weighted by molar-refractivity contribution is -0.128. The highest BCUT2D eigenvalue weighted by Gasteiger charge is 2.42. The van der Waals surface area contributed by atoms with Gasteiger partial charge in [0.05, 0.1) is 10.4 Å². The fraction of sp³-hybridized carbons (Fsp3) is 0.643. The van der Waals surface area contributed by atoms with Gasteiger partial charge in [-0.15, -0.1) is 0 Å². The number of rotatable bonds is 5. The summed E-state index contributed by atoms with van der Waals surface area (Å²) in [6.45, 7) is 0.586. The predicted octanol–water partition coefficient (Wildman–Crippen LogP) is 1.32. The number of hydrogen-bond acceptors (Lipinski definition) is 3.